The van der Waals surface area contributed by atoms with E-state index >= 15 is 0 Å². The Morgan fingerprint density at radius 2 is 1.94 bits per heavy atom. The average Bonchev–Trinajstić information content (AvgIpc) is 2.28. The Balaban J connectivity index is 2.86. The molecule has 0 amide bonds. The first kappa shape index (κ1) is 13.6. The summed E-state index contributed by atoms with van der Waals surface area (Å²) in [6.45, 7) is 6.84. The highest BCUT2D eigenvalue weighted by Gasteiger charge is 2.07. The molecule has 1 rings (SSSR count). The van der Waals surface area contributed by atoms with Crippen LogP contribution < -0.4 is 9.47 Å². The Morgan fingerprint density at radius 3 is 2.53 bits per heavy atom. The van der Waals surface area contributed by atoms with Crippen molar-refractivity contribution >= 4 is 5.78 Å². The molecule has 0 aliphatic carbocycles. The molecule has 0 aromatic heterocycles. The molecule has 94 valence electrons. The van der Waals surface area contributed by atoms with E-state index in [0.29, 0.717) is 19.6 Å². The Bertz CT molecular complexity index is 372. The Hall–Kier alpha value is -1.51. The highest BCUT2D eigenvalue weighted by atomic mass is 16.5. The summed E-state index contributed by atoms with van der Waals surface area (Å²) in [5.41, 5.74) is 0.963. The number of hydrogen-bond donors (Lipinski definition) is 0. The van der Waals surface area contributed by atoms with E-state index in [9.17, 15) is 4.79 Å². The van der Waals surface area contributed by atoms with Crippen molar-refractivity contribution in [3.8, 4) is 11.5 Å². The molecule has 0 atom stereocenters. The third kappa shape index (κ3) is 4.47. The summed E-state index contributed by atoms with van der Waals surface area (Å²) in [7, 11) is 0. The van der Waals surface area contributed by atoms with Crippen molar-refractivity contribution in [1.29, 1.82) is 0 Å². The molecule has 3 nitrogen and oxygen atoms in total. The normalized spacial score (nSPS) is 10.1. The van der Waals surface area contributed by atoms with E-state index in [1.807, 2.05) is 25.1 Å². The standard InChI is InChI=1S/C14H20O3/c1-4-8-17-13-7-6-12(9-11(3)15)10-14(13)16-5-2/h6-7,10H,4-5,8-9H2,1-3H3. The minimum absolute atomic E-state index is 0.148. The predicted molar refractivity (Wildman–Crippen MR) is 67.8 cm³/mol. The van der Waals surface area contributed by atoms with Crippen LogP contribution in [0.15, 0.2) is 18.2 Å². The Labute approximate surface area is 103 Å². The number of carbonyl (C=O) groups is 1. The van der Waals surface area contributed by atoms with Gasteiger partial charge in [0, 0.05) is 6.42 Å². The van der Waals surface area contributed by atoms with E-state index in [2.05, 4.69) is 6.92 Å². The van der Waals surface area contributed by atoms with Gasteiger partial charge in [0.15, 0.2) is 11.5 Å². The monoisotopic (exact) mass is 236 g/mol. The van der Waals surface area contributed by atoms with Crippen LogP contribution in [-0.4, -0.2) is 19.0 Å². The van der Waals surface area contributed by atoms with Crippen molar-refractivity contribution in [2.75, 3.05) is 13.2 Å². The molecular weight excluding hydrogens is 216 g/mol. The van der Waals surface area contributed by atoms with E-state index in [0.717, 1.165) is 23.5 Å². The van der Waals surface area contributed by atoms with Gasteiger partial charge >= 0.3 is 0 Å². The van der Waals surface area contributed by atoms with Crippen LogP contribution in [-0.2, 0) is 11.2 Å². The van der Waals surface area contributed by atoms with Crippen LogP contribution in [0.25, 0.3) is 0 Å². The fourth-order valence-electron chi connectivity index (χ4n) is 1.55. The number of carbonyl (C=O) groups excluding carboxylic acids is 1. The second-order valence-corrected chi connectivity index (χ2v) is 3.94. The highest BCUT2D eigenvalue weighted by molar-refractivity contribution is 5.78. The zero-order chi connectivity index (χ0) is 12.7. The molecule has 1 aromatic carbocycles. The van der Waals surface area contributed by atoms with Crippen molar-refractivity contribution < 1.29 is 14.3 Å². The molecule has 0 saturated carbocycles. The molecule has 0 heterocycles. The minimum Gasteiger partial charge on any atom is -0.490 e. The van der Waals surface area contributed by atoms with Crippen LogP contribution in [0.2, 0.25) is 0 Å². The second-order valence-electron chi connectivity index (χ2n) is 3.94. The summed E-state index contributed by atoms with van der Waals surface area (Å²) >= 11 is 0. The number of rotatable bonds is 7. The first-order valence-corrected chi connectivity index (χ1v) is 6.05. The van der Waals surface area contributed by atoms with Gasteiger partial charge in [-0.2, -0.15) is 0 Å². The lowest BCUT2D eigenvalue weighted by Gasteiger charge is -2.12. The predicted octanol–water partition coefficient (Wildman–Crippen LogP) is 3.01. The fourth-order valence-corrected chi connectivity index (χ4v) is 1.55. The van der Waals surface area contributed by atoms with E-state index in [1.165, 1.54) is 0 Å². The maximum Gasteiger partial charge on any atom is 0.161 e. The van der Waals surface area contributed by atoms with Crippen LogP contribution >= 0.6 is 0 Å². The van der Waals surface area contributed by atoms with Crippen molar-refractivity contribution in [2.45, 2.75) is 33.6 Å². The maximum absolute atomic E-state index is 11.1. The van der Waals surface area contributed by atoms with E-state index in [1.54, 1.807) is 6.92 Å². The molecule has 3 heteroatoms. The number of ether oxygens (including phenoxy) is 2. The third-order valence-corrected chi connectivity index (χ3v) is 2.22. The molecule has 0 unspecified atom stereocenters. The Kier molecular flexibility index (Phi) is 5.53. The van der Waals surface area contributed by atoms with Crippen LogP contribution in [0.1, 0.15) is 32.8 Å². The zero-order valence-electron chi connectivity index (χ0n) is 10.8. The van der Waals surface area contributed by atoms with Crippen LogP contribution in [0, 0.1) is 0 Å². The van der Waals surface area contributed by atoms with Gasteiger partial charge in [-0.25, -0.2) is 0 Å². The summed E-state index contributed by atoms with van der Waals surface area (Å²) in [6, 6.07) is 5.67. The van der Waals surface area contributed by atoms with E-state index < -0.39 is 0 Å². The largest absolute Gasteiger partial charge is 0.490 e. The first-order chi connectivity index (χ1) is 8.17. The quantitative estimate of drug-likeness (QED) is 0.730. The van der Waals surface area contributed by atoms with Gasteiger partial charge in [0.05, 0.1) is 13.2 Å². The first-order valence-electron chi connectivity index (χ1n) is 6.05. The summed E-state index contributed by atoms with van der Waals surface area (Å²) < 4.78 is 11.1. The maximum atomic E-state index is 11.1. The van der Waals surface area contributed by atoms with E-state index in [-0.39, 0.29) is 5.78 Å². The molecule has 0 bridgehead atoms. The molecule has 1 aromatic rings. The lowest BCUT2D eigenvalue weighted by molar-refractivity contribution is -0.116. The van der Waals surface area contributed by atoms with Gasteiger partial charge < -0.3 is 9.47 Å². The molecule has 0 N–H and O–H groups in total. The number of hydrogen-bond acceptors (Lipinski definition) is 3. The number of benzene rings is 1. The van der Waals surface area contributed by atoms with E-state index in [4.69, 9.17) is 9.47 Å². The molecule has 0 radical (unpaired) electrons. The van der Waals surface area contributed by atoms with Gasteiger partial charge in [-0.1, -0.05) is 13.0 Å². The third-order valence-electron chi connectivity index (χ3n) is 2.22. The van der Waals surface area contributed by atoms with Gasteiger partial charge in [-0.3, -0.25) is 4.79 Å². The summed E-state index contributed by atoms with van der Waals surface area (Å²) in [5.74, 6) is 1.62. The molecule has 0 saturated heterocycles. The topological polar surface area (TPSA) is 35.5 Å². The smallest absolute Gasteiger partial charge is 0.161 e. The second kappa shape index (κ2) is 6.94. The number of ketones is 1. The Morgan fingerprint density at radius 1 is 1.18 bits per heavy atom. The summed E-state index contributed by atoms with van der Waals surface area (Å²) in [5, 5.41) is 0. The van der Waals surface area contributed by atoms with Gasteiger partial charge in [0.1, 0.15) is 5.78 Å². The summed E-state index contributed by atoms with van der Waals surface area (Å²) in [4.78, 5) is 11.1. The van der Waals surface area contributed by atoms with Gasteiger partial charge in [-0.15, -0.1) is 0 Å². The average molecular weight is 236 g/mol. The van der Waals surface area contributed by atoms with Crippen molar-refractivity contribution in [3.63, 3.8) is 0 Å². The molecule has 0 fully saturated rings. The molecule has 0 spiro atoms. The fraction of sp³-hybridized carbons (Fsp3) is 0.500. The lowest BCUT2D eigenvalue weighted by atomic mass is 10.1. The van der Waals surface area contributed by atoms with Crippen LogP contribution in [0.5, 0.6) is 11.5 Å². The van der Waals surface area contributed by atoms with Crippen LogP contribution in [0.4, 0.5) is 0 Å². The molecule has 0 aliphatic heterocycles. The van der Waals surface area contributed by atoms with Crippen LogP contribution in [0.3, 0.4) is 0 Å². The number of Topliss-reactive ketones (excluding diaryl/α,β-unsaturated/α-hetero) is 1. The van der Waals surface area contributed by atoms with Gasteiger partial charge in [0.2, 0.25) is 0 Å². The van der Waals surface area contributed by atoms with Crippen molar-refractivity contribution in [2.24, 2.45) is 0 Å². The minimum atomic E-state index is 0.148. The lowest BCUT2D eigenvalue weighted by Crippen LogP contribution is -2.02. The molecular formula is C14H20O3. The molecule has 17 heavy (non-hydrogen) atoms. The van der Waals surface area contributed by atoms with Crippen molar-refractivity contribution in [1.82, 2.24) is 0 Å². The summed E-state index contributed by atoms with van der Waals surface area (Å²) in [6.07, 6.45) is 1.40. The van der Waals surface area contributed by atoms with Crippen molar-refractivity contribution in [3.05, 3.63) is 23.8 Å². The zero-order valence-corrected chi connectivity index (χ0v) is 10.8. The van der Waals surface area contributed by atoms with Gasteiger partial charge in [0.25, 0.3) is 0 Å². The SMILES string of the molecule is CCCOc1ccc(CC(C)=O)cc1OCC. The molecule has 0 aliphatic rings. The van der Waals surface area contributed by atoms with Gasteiger partial charge in [-0.05, 0) is 38.0 Å². The highest BCUT2D eigenvalue weighted by Crippen LogP contribution is 2.28.